The van der Waals surface area contributed by atoms with Gasteiger partial charge in [0, 0.05) is 6.92 Å². The summed E-state index contributed by atoms with van der Waals surface area (Å²) in [5.41, 5.74) is -3.19. The Bertz CT molecular complexity index is 483. The molecule has 1 amide bonds. The molecule has 0 aliphatic rings. The van der Waals surface area contributed by atoms with Gasteiger partial charge in [0.2, 0.25) is 11.6 Å². The van der Waals surface area contributed by atoms with Crippen LogP contribution in [0.4, 0.5) is 0 Å². The van der Waals surface area contributed by atoms with E-state index >= 15 is 0 Å². The Labute approximate surface area is 115 Å². The first kappa shape index (κ1) is 16.9. The highest BCUT2D eigenvalue weighted by Gasteiger charge is 2.43. The van der Waals surface area contributed by atoms with Crippen LogP contribution in [0.5, 0.6) is 0 Å². The monoisotopic (exact) mass is 318 g/mol. The minimum absolute atomic E-state index is 0.343. The van der Waals surface area contributed by atoms with Crippen LogP contribution in [0, 0.1) is 0 Å². The van der Waals surface area contributed by atoms with Crippen molar-refractivity contribution in [3.63, 3.8) is 0 Å². The summed E-state index contributed by atoms with van der Waals surface area (Å²) in [5.74, 6) is -1.17. The van der Waals surface area contributed by atoms with Crippen molar-refractivity contribution in [3.8, 4) is 0 Å². The lowest BCUT2D eigenvalue weighted by molar-refractivity contribution is -0.175. The highest BCUT2D eigenvalue weighted by molar-refractivity contribution is 7.80. The Hall–Kier alpha value is -1.15. The fourth-order valence-corrected chi connectivity index (χ4v) is 1.44. The first-order chi connectivity index (χ1) is 9.36. The van der Waals surface area contributed by atoms with Gasteiger partial charge in [0.15, 0.2) is 7.70 Å². The summed E-state index contributed by atoms with van der Waals surface area (Å²) in [6, 6.07) is 0. The van der Waals surface area contributed by atoms with Crippen molar-refractivity contribution in [2.24, 2.45) is 0 Å². The van der Waals surface area contributed by atoms with Crippen molar-refractivity contribution in [3.05, 3.63) is 0 Å². The van der Waals surface area contributed by atoms with Gasteiger partial charge in [-0.3, -0.25) is 14.1 Å². The van der Waals surface area contributed by atoms with E-state index in [1.165, 1.54) is 0 Å². The van der Waals surface area contributed by atoms with Crippen molar-refractivity contribution in [2.75, 3.05) is 6.61 Å². The topological polar surface area (TPSA) is 191 Å². The Morgan fingerprint density at radius 2 is 2.00 bits per heavy atom. The molecule has 118 valence electrons. The van der Waals surface area contributed by atoms with Gasteiger partial charge in [-0.15, -0.1) is 0 Å². The van der Waals surface area contributed by atoms with Gasteiger partial charge in [-0.1, -0.05) is 0 Å². The molecule has 0 saturated heterocycles. The lowest BCUT2D eigenvalue weighted by Gasteiger charge is -2.32. The maximum absolute atomic E-state index is 10.9. The van der Waals surface area contributed by atoms with Gasteiger partial charge < -0.3 is 25.7 Å². The third-order valence-electron chi connectivity index (χ3n) is 2.05. The van der Waals surface area contributed by atoms with E-state index in [0.717, 1.165) is 6.92 Å². The fraction of sp³-hybridized carbons (Fsp3) is 0.750. The molecule has 11 nitrogen and oxygen atoms in total. The van der Waals surface area contributed by atoms with E-state index < -0.39 is 53.2 Å². The molecular formula is C8H15NO10S. The zero-order valence-electron chi connectivity index (χ0n) is 11.1. The molecule has 0 saturated carbocycles. The fourth-order valence-electron chi connectivity index (χ4n) is 1.13. The molecular weight excluding hydrogens is 302 g/mol. The van der Waals surface area contributed by atoms with Gasteiger partial charge in [-0.2, -0.15) is 8.42 Å². The zero-order chi connectivity index (χ0) is 17.0. The Balaban J connectivity index is 5.06. The number of nitrogens with one attached hydrogen (secondary N) is 1. The second-order valence-electron chi connectivity index (χ2n) is 3.75. The van der Waals surface area contributed by atoms with Crippen LogP contribution >= 0.6 is 0 Å². The molecule has 12 heteroatoms. The third-order valence-corrected chi connectivity index (χ3v) is 2.48. The second-order valence-corrected chi connectivity index (χ2v) is 4.84. The normalized spacial score (nSPS) is 20.2. The Morgan fingerprint density at radius 3 is 2.35 bits per heavy atom. The van der Waals surface area contributed by atoms with E-state index in [0.29, 0.717) is 0 Å². The van der Waals surface area contributed by atoms with Crippen molar-refractivity contribution in [1.82, 2.24) is 5.31 Å². The maximum Gasteiger partial charge on any atom is 0.397 e. The molecule has 0 radical (unpaired) electrons. The molecule has 0 heterocycles. The summed E-state index contributed by atoms with van der Waals surface area (Å²) in [5, 5.41) is 37.7. The number of hydrogen-bond donors (Lipinski definition) is 6. The number of carbonyl (C=O) groups excluding carboxylic acids is 2. The van der Waals surface area contributed by atoms with Crippen LogP contribution in [0.15, 0.2) is 0 Å². The van der Waals surface area contributed by atoms with E-state index in [-0.39, 0.29) is 5.31 Å². The maximum atomic E-state index is 10.9. The Kier molecular flexibility index (Phi) is 5.94. The van der Waals surface area contributed by atoms with Crippen molar-refractivity contribution in [1.29, 1.82) is 0 Å². The molecule has 0 unspecified atom stereocenters. The quantitative estimate of drug-likeness (QED) is 0.146. The number of hydrogen-bond acceptors (Lipinski definition) is 9. The predicted octanol–water partition coefficient (Wildman–Crippen LogP) is -4.09. The number of rotatable bonds is 8. The van der Waals surface area contributed by atoms with Gasteiger partial charge in [-0.05, 0) is 0 Å². The predicted molar refractivity (Wildman–Crippen MR) is 60.4 cm³/mol. The summed E-state index contributed by atoms with van der Waals surface area (Å²) < 4.78 is 39.7. The van der Waals surface area contributed by atoms with Gasteiger partial charge in [-0.25, -0.2) is 4.18 Å². The van der Waals surface area contributed by atoms with Crippen LogP contribution in [0.25, 0.3) is 0 Å². The van der Waals surface area contributed by atoms with Crippen LogP contribution < -0.4 is 5.31 Å². The van der Waals surface area contributed by atoms with Crippen molar-refractivity contribution in [2.45, 2.75) is 31.0 Å². The molecule has 20 heavy (non-hydrogen) atoms. The number of aliphatic hydroxyl groups excluding tert-OH is 3. The lowest BCUT2D eigenvalue weighted by atomic mass is 9.99. The van der Waals surface area contributed by atoms with E-state index in [4.69, 9.17) is 5.96 Å². The molecule has 0 aliphatic carbocycles. The molecule has 6 N–H and O–H groups in total. The van der Waals surface area contributed by atoms with Crippen LogP contribution in [-0.4, -0.2) is 76.2 Å². The standard InChI is InChI=1S/C8H15NO10S/c1-4(11)9-8(15,3-10)7(14)6(13)5(12)2-19-20(16,17)18/h3,5-7,12-15H,2H2,1H3,(H,9,11)(H,16,17,18)/t5-,6-,7+,8+/m1/s1/i/hD. The minimum atomic E-state index is -4.94. The lowest BCUT2D eigenvalue weighted by Crippen LogP contribution is -2.63. The van der Waals surface area contributed by atoms with Crippen molar-refractivity contribution < 1.29 is 48.6 Å². The molecule has 0 rings (SSSR count). The number of aliphatic hydroxyl groups is 4. The van der Waals surface area contributed by atoms with Gasteiger partial charge in [0.1, 0.15) is 18.3 Å². The average molecular weight is 318 g/mol. The summed E-state index contributed by atoms with van der Waals surface area (Å²) in [4.78, 5) is 21.7. The largest absolute Gasteiger partial charge is 0.397 e. The average Bonchev–Trinajstić information content (AvgIpc) is 2.40. The van der Waals surface area contributed by atoms with Crippen LogP contribution in [-0.2, 0) is 24.2 Å². The number of amides is 1. The highest BCUT2D eigenvalue weighted by atomic mass is 32.3. The second kappa shape index (κ2) is 7.03. The van der Waals surface area contributed by atoms with Crippen LogP contribution in [0.1, 0.15) is 6.92 Å². The number of carbonyl (C=O) groups is 2. The third kappa shape index (κ3) is 5.87. The molecule has 0 spiro atoms. The Morgan fingerprint density at radius 1 is 1.50 bits per heavy atom. The van der Waals surface area contributed by atoms with E-state index in [9.17, 15) is 38.4 Å². The van der Waals surface area contributed by atoms with Gasteiger partial charge in [0.05, 0.1) is 6.61 Å². The summed E-state index contributed by atoms with van der Waals surface area (Å²) >= 11 is 0. The smallest absolute Gasteiger partial charge is 0.388 e. The molecule has 0 aliphatic heterocycles. The van der Waals surface area contributed by atoms with Gasteiger partial charge >= 0.3 is 10.4 Å². The number of aldehydes is 1. The van der Waals surface area contributed by atoms with Crippen LogP contribution in [0.3, 0.4) is 0 Å². The minimum Gasteiger partial charge on any atom is -0.388 e. The van der Waals surface area contributed by atoms with E-state index in [2.05, 4.69) is 4.18 Å². The molecule has 0 fully saturated rings. The SMILES string of the molecule is [2H]N(C(C)=O)[C@](O)(C=O)[C@@H](O)[C@H](O)[C@H](O)COS(=O)(=O)O. The summed E-state index contributed by atoms with van der Waals surface area (Å²) in [6.45, 7) is -0.442. The summed E-state index contributed by atoms with van der Waals surface area (Å²) in [6.07, 6.45) is -7.54. The first-order valence-corrected chi connectivity index (χ1v) is 6.37. The van der Waals surface area contributed by atoms with E-state index in [1.54, 1.807) is 0 Å². The van der Waals surface area contributed by atoms with E-state index in [1.807, 2.05) is 0 Å². The van der Waals surface area contributed by atoms with Crippen LogP contribution in [0.2, 0.25) is 1.41 Å². The highest BCUT2D eigenvalue weighted by Crippen LogP contribution is 2.12. The molecule has 0 aromatic heterocycles. The molecule has 0 bridgehead atoms. The van der Waals surface area contributed by atoms with Crippen molar-refractivity contribution >= 4 is 22.6 Å². The zero-order valence-corrected chi connectivity index (χ0v) is 11.0. The molecule has 0 aromatic rings. The first-order valence-electron chi connectivity index (χ1n) is 5.46. The summed E-state index contributed by atoms with van der Waals surface area (Å²) in [7, 11) is -4.94. The molecule has 4 atom stereocenters. The molecule has 0 aromatic carbocycles. The van der Waals surface area contributed by atoms with Gasteiger partial charge in [0.25, 0.3) is 0 Å².